The molecule has 1 amide bonds. The van der Waals surface area contributed by atoms with Crippen molar-refractivity contribution < 1.29 is 22.7 Å². The number of rotatable bonds is 6. The van der Waals surface area contributed by atoms with Crippen molar-refractivity contribution in [1.29, 1.82) is 0 Å². The average molecular weight is 530 g/mol. The first-order valence-corrected chi connectivity index (χ1v) is 14.3. The highest BCUT2D eigenvalue weighted by Gasteiger charge is 2.31. The molecule has 8 nitrogen and oxygen atoms in total. The van der Waals surface area contributed by atoms with E-state index in [1.165, 1.54) is 47.0 Å². The number of nitrogens with zero attached hydrogens (tertiary/aromatic N) is 3. The highest BCUT2D eigenvalue weighted by atomic mass is 32.2. The zero-order valence-electron chi connectivity index (χ0n) is 20.9. The van der Waals surface area contributed by atoms with E-state index in [9.17, 15) is 18.0 Å². The van der Waals surface area contributed by atoms with Crippen LogP contribution >= 0.6 is 11.3 Å². The fraction of sp³-hybridized carbons (Fsp3) is 0.423. The van der Waals surface area contributed by atoms with Crippen LogP contribution in [0.4, 0.5) is 0 Å². The zero-order chi connectivity index (χ0) is 26.0. The first-order chi connectivity index (χ1) is 17.1. The van der Waals surface area contributed by atoms with Crippen molar-refractivity contribution >= 4 is 43.5 Å². The SMILES string of the molecule is COC(=O)Cn1c(=NC(=O)c2ccc(S(=O)(=O)N3CCCCC3C)cc2)sc2cc(C(C)C)ccc21. The summed E-state index contributed by atoms with van der Waals surface area (Å²) in [6.07, 6.45) is 2.71. The molecule has 0 spiro atoms. The number of amides is 1. The Morgan fingerprint density at radius 2 is 1.86 bits per heavy atom. The molecule has 1 atom stereocenters. The molecule has 1 saturated heterocycles. The van der Waals surface area contributed by atoms with Gasteiger partial charge in [-0.25, -0.2) is 8.42 Å². The number of benzene rings is 2. The Balaban J connectivity index is 1.68. The smallest absolute Gasteiger partial charge is 0.325 e. The van der Waals surface area contributed by atoms with Crippen LogP contribution < -0.4 is 4.80 Å². The minimum atomic E-state index is -3.63. The third-order valence-corrected chi connectivity index (χ3v) is 9.60. The number of aromatic nitrogens is 1. The number of piperidine rings is 1. The largest absolute Gasteiger partial charge is 0.468 e. The van der Waals surface area contributed by atoms with Gasteiger partial charge in [0, 0.05) is 18.2 Å². The zero-order valence-corrected chi connectivity index (χ0v) is 22.6. The highest BCUT2D eigenvalue weighted by Crippen LogP contribution is 2.26. The molecule has 1 aliphatic heterocycles. The van der Waals surface area contributed by atoms with Crippen molar-refractivity contribution in [2.75, 3.05) is 13.7 Å². The highest BCUT2D eigenvalue weighted by molar-refractivity contribution is 7.89. The molecule has 0 saturated carbocycles. The number of hydrogen-bond acceptors (Lipinski definition) is 6. The molecule has 36 heavy (non-hydrogen) atoms. The summed E-state index contributed by atoms with van der Waals surface area (Å²) in [6, 6.07) is 11.8. The molecule has 0 bridgehead atoms. The van der Waals surface area contributed by atoms with Crippen LogP contribution in [-0.2, 0) is 26.1 Å². The number of methoxy groups -OCH3 is 1. The summed E-state index contributed by atoms with van der Waals surface area (Å²) in [5, 5.41) is 0. The number of ether oxygens (including phenoxy) is 1. The molecule has 192 valence electrons. The van der Waals surface area contributed by atoms with Gasteiger partial charge < -0.3 is 9.30 Å². The molecule has 2 heterocycles. The van der Waals surface area contributed by atoms with Crippen molar-refractivity contribution in [2.45, 2.75) is 63.4 Å². The lowest BCUT2D eigenvalue weighted by Gasteiger charge is -2.32. The van der Waals surface area contributed by atoms with E-state index in [1.807, 2.05) is 25.1 Å². The molecule has 10 heteroatoms. The van der Waals surface area contributed by atoms with Gasteiger partial charge in [0.15, 0.2) is 4.80 Å². The molecular formula is C26H31N3O5S2. The number of esters is 1. The van der Waals surface area contributed by atoms with Crippen LogP contribution in [0, 0.1) is 0 Å². The number of sulfonamides is 1. The molecule has 1 aliphatic rings. The predicted molar refractivity (Wildman–Crippen MR) is 139 cm³/mol. The second kappa shape index (κ2) is 10.7. The summed E-state index contributed by atoms with van der Waals surface area (Å²) in [5.41, 5.74) is 2.20. The third kappa shape index (κ3) is 5.30. The summed E-state index contributed by atoms with van der Waals surface area (Å²) in [7, 11) is -2.31. The van der Waals surface area contributed by atoms with Crippen LogP contribution in [0.25, 0.3) is 10.2 Å². The van der Waals surface area contributed by atoms with Crippen LogP contribution in [0.2, 0.25) is 0 Å². The maximum atomic E-state index is 13.1. The molecule has 2 aromatic carbocycles. The van der Waals surface area contributed by atoms with Crippen molar-refractivity contribution in [3.05, 3.63) is 58.4 Å². The molecular weight excluding hydrogens is 498 g/mol. The van der Waals surface area contributed by atoms with Crippen LogP contribution in [0.3, 0.4) is 0 Å². The predicted octanol–water partition coefficient (Wildman–Crippen LogP) is 4.30. The van der Waals surface area contributed by atoms with E-state index < -0.39 is 21.9 Å². The third-order valence-electron chi connectivity index (χ3n) is 6.54. The Morgan fingerprint density at radius 1 is 1.14 bits per heavy atom. The molecule has 3 aromatic rings. The molecule has 0 N–H and O–H groups in total. The number of fused-ring (bicyclic) bond motifs is 1. The van der Waals surface area contributed by atoms with Gasteiger partial charge in [0.25, 0.3) is 5.91 Å². The maximum absolute atomic E-state index is 13.1. The normalized spacial score (nSPS) is 17.6. The van der Waals surface area contributed by atoms with Gasteiger partial charge in [0.2, 0.25) is 10.0 Å². The molecule has 1 unspecified atom stereocenters. The minimum absolute atomic E-state index is 0.0468. The lowest BCUT2D eigenvalue weighted by atomic mass is 10.0. The molecule has 0 aliphatic carbocycles. The van der Waals surface area contributed by atoms with E-state index in [4.69, 9.17) is 4.74 Å². The van der Waals surface area contributed by atoms with Crippen LogP contribution in [-0.4, -0.2) is 48.9 Å². The minimum Gasteiger partial charge on any atom is -0.468 e. The monoisotopic (exact) mass is 529 g/mol. The summed E-state index contributed by atoms with van der Waals surface area (Å²) in [5.74, 6) is -0.632. The Labute approximate surface area is 215 Å². The summed E-state index contributed by atoms with van der Waals surface area (Å²) in [6.45, 7) is 6.55. The standard InChI is InChI=1S/C26H31N3O5S2/c1-17(2)20-10-13-22-23(15-20)35-26(28(22)16-24(30)34-4)27-25(31)19-8-11-21(12-9-19)36(32,33)29-14-6-5-7-18(29)3/h8-13,15,17-18H,5-7,14,16H2,1-4H3. The summed E-state index contributed by atoms with van der Waals surface area (Å²) >= 11 is 1.32. The average Bonchev–Trinajstić information content (AvgIpc) is 3.19. The topological polar surface area (TPSA) is 98.0 Å². The van der Waals surface area contributed by atoms with Crippen molar-refractivity contribution in [2.24, 2.45) is 4.99 Å². The quantitative estimate of drug-likeness (QED) is 0.444. The van der Waals surface area contributed by atoms with E-state index in [1.54, 1.807) is 4.57 Å². The van der Waals surface area contributed by atoms with Crippen molar-refractivity contribution in [3.8, 4) is 0 Å². The van der Waals surface area contributed by atoms with Gasteiger partial charge in [-0.15, -0.1) is 0 Å². The lowest BCUT2D eigenvalue weighted by molar-refractivity contribution is -0.141. The van der Waals surface area contributed by atoms with E-state index in [-0.39, 0.29) is 23.0 Å². The van der Waals surface area contributed by atoms with Crippen molar-refractivity contribution in [1.82, 2.24) is 8.87 Å². The van der Waals surface area contributed by atoms with Gasteiger partial charge in [0.1, 0.15) is 6.54 Å². The van der Waals surface area contributed by atoms with Gasteiger partial charge in [-0.2, -0.15) is 9.30 Å². The number of carbonyl (C=O) groups excluding carboxylic acids is 2. The van der Waals surface area contributed by atoms with Gasteiger partial charge in [-0.1, -0.05) is 37.7 Å². The molecule has 1 aromatic heterocycles. The summed E-state index contributed by atoms with van der Waals surface area (Å²) in [4.78, 5) is 29.9. The van der Waals surface area contributed by atoms with E-state index in [0.717, 1.165) is 35.0 Å². The van der Waals surface area contributed by atoms with E-state index >= 15 is 0 Å². The van der Waals surface area contributed by atoms with Gasteiger partial charge in [-0.3, -0.25) is 9.59 Å². The number of carbonyl (C=O) groups is 2. The van der Waals surface area contributed by atoms with Crippen LogP contribution in [0.15, 0.2) is 52.4 Å². The fourth-order valence-corrected chi connectivity index (χ4v) is 7.14. The van der Waals surface area contributed by atoms with E-state index in [2.05, 4.69) is 18.8 Å². The van der Waals surface area contributed by atoms with Gasteiger partial charge in [0.05, 0.1) is 22.2 Å². The van der Waals surface area contributed by atoms with Gasteiger partial charge >= 0.3 is 5.97 Å². The Bertz CT molecular complexity index is 1450. The van der Waals surface area contributed by atoms with Crippen LogP contribution in [0.5, 0.6) is 0 Å². The number of thiazole rings is 1. The van der Waals surface area contributed by atoms with Gasteiger partial charge in [-0.05, 0) is 67.6 Å². The molecule has 0 radical (unpaired) electrons. The first kappa shape index (κ1) is 26.2. The van der Waals surface area contributed by atoms with E-state index in [0.29, 0.717) is 17.3 Å². The Hall–Kier alpha value is -2.82. The Kier molecular flexibility index (Phi) is 7.77. The van der Waals surface area contributed by atoms with Crippen molar-refractivity contribution in [3.63, 3.8) is 0 Å². The number of hydrogen-bond donors (Lipinski definition) is 0. The lowest BCUT2D eigenvalue weighted by Crippen LogP contribution is -2.41. The summed E-state index contributed by atoms with van der Waals surface area (Å²) < 4.78 is 35.1. The van der Waals surface area contributed by atoms with Crippen LogP contribution in [0.1, 0.15) is 61.9 Å². The fourth-order valence-electron chi connectivity index (χ4n) is 4.37. The molecule has 1 fully saturated rings. The second-order valence-corrected chi connectivity index (χ2v) is 12.2. The first-order valence-electron chi connectivity index (χ1n) is 12.0. The molecule has 4 rings (SSSR count). The Morgan fingerprint density at radius 3 is 2.50 bits per heavy atom. The maximum Gasteiger partial charge on any atom is 0.325 e. The second-order valence-electron chi connectivity index (χ2n) is 9.33.